The Hall–Kier alpha value is -3.54. The highest BCUT2D eigenvalue weighted by molar-refractivity contribution is 5.88. The van der Waals surface area contributed by atoms with Crippen LogP contribution in [-0.4, -0.2) is 32.4 Å². The molecule has 0 fully saturated rings. The van der Waals surface area contributed by atoms with Gasteiger partial charge in [-0.15, -0.1) is 0 Å². The number of nitrogens with zero attached hydrogens (tertiary/aromatic N) is 1. The standard InChI is InChI=1S/C24H28NO5/c1-25-13-5-11-23(21-25)24(26)30-19-8-18-28-15-6-14-27-16-7-17-29-20-12-22-9-3-2-4-10-22/h2-11,13-14,17-18,21H,12,15-16,19-20H2,1H3/q+1/b14-6+,17-7+,18-8+. The Kier molecular flexibility index (Phi) is 11.0. The largest absolute Gasteiger partial charge is 0.501 e. The number of rotatable bonds is 13. The summed E-state index contributed by atoms with van der Waals surface area (Å²) in [5, 5.41) is 0. The van der Waals surface area contributed by atoms with E-state index < -0.39 is 0 Å². The molecule has 1 aromatic carbocycles. The fraction of sp³-hybridized carbons (Fsp3) is 0.250. The molecule has 0 saturated heterocycles. The lowest BCUT2D eigenvalue weighted by Gasteiger charge is -2.01. The number of aryl methyl sites for hydroxylation is 1. The number of benzene rings is 1. The Labute approximate surface area is 177 Å². The summed E-state index contributed by atoms with van der Waals surface area (Å²) in [5.41, 5.74) is 1.76. The highest BCUT2D eigenvalue weighted by atomic mass is 16.5. The summed E-state index contributed by atoms with van der Waals surface area (Å²) in [5.74, 6) is -0.374. The van der Waals surface area contributed by atoms with Crippen LogP contribution in [0.5, 0.6) is 0 Å². The minimum atomic E-state index is -0.374. The zero-order valence-electron chi connectivity index (χ0n) is 17.2. The van der Waals surface area contributed by atoms with Crippen LogP contribution in [0.3, 0.4) is 0 Å². The summed E-state index contributed by atoms with van der Waals surface area (Å²) < 4.78 is 22.9. The number of carbonyl (C=O) groups excluding carboxylic acids is 1. The minimum Gasteiger partial charge on any atom is -0.501 e. The fourth-order valence-corrected chi connectivity index (χ4v) is 2.35. The topological polar surface area (TPSA) is 57.9 Å². The van der Waals surface area contributed by atoms with Crippen LogP contribution < -0.4 is 4.57 Å². The first kappa shape index (κ1) is 22.7. The first-order chi connectivity index (χ1) is 14.8. The van der Waals surface area contributed by atoms with Crippen molar-refractivity contribution in [1.82, 2.24) is 0 Å². The quantitative estimate of drug-likeness (QED) is 0.219. The van der Waals surface area contributed by atoms with Crippen LogP contribution in [0.2, 0.25) is 0 Å². The third-order valence-electron chi connectivity index (χ3n) is 3.80. The minimum absolute atomic E-state index is 0.146. The van der Waals surface area contributed by atoms with E-state index in [2.05, 4.69) is 12.1 Å². The number of carbonyl (C=O) groups is 1. The van der Waals surface area contributed by atoms with E-state index in [-0.39, 0.29) is 12.6 Å². The van der Waals surface area contributed by atoms with Gasteiger partial charge in [0.05, 0.1) is 25.4 Å². The maximum atomic E-state index is 11.8. The number of ether oxygens (including phenoxy) is 4. The monoisotopic (exact) mass is 410 g/mol. The van der Waals surface area contributed by atoms with E-state index in [1.807, 2.05) is 31.4 Å². The van der Waals surface area contributed by atoms with Crippen molar-refractivity contribution in [2.24, 2.45) is 7.05 Å². The van der Waals surface area contributed by atoms with E-state index in [9.17, 15) is 4.79 Å². The molecule has 6 heteroatoms. The number of aromatic nitrogens is 1. The average molecular weight is 410 g/mol. The normalized spacial score (nSPS) is 11.2. The molecular weight excluding hydrogens is 382 g/mol. The Balaban J connectivity index is 1.43. The molecule has 30 heavy (non-hydrogen) atoms. The zero-order valence-corrected chi connectivity index (χ0v) is 17.2. The van der Waals surface area contributed by atoms with Gasteiger partial charge in [0, 0.05) is 12.5 Å². The number of pyridine rings is 1. The highest BCUT2D eigenvalue weighted by Crippen LogP contribution is 2.00. The van der Waals surface area contributed by atoms with Crippen molar-refractivity contribution in [2.45, 2.75) is 6.42 Å². The summed E-state index contributed by atoms with van der Waals surface area (Å²) in [6, 6.07) is 13.7. The fourth-order valence-electron chi connectivity index (χ4n) is 2.35. The van der Waals surface area contributed by atoms with Crippen molar-refractivity contribution < 1.29 is 28.3 Å². The van der Waals surface area contributed by atoms with E-state index in [4.69, 9.17) is 18.9 Å². The van der Waals surface area contributed by atoms with Gasteiger partial charge < -0.3 is 18.9 Å². The second-order valence-corrected chi connectivity index (χ2v) is 6.24. The van der Waals surface area contributed by atoms with Gasteiger partial charge in [0.1, 0.15) is 32.4 Å². The molecule has 158 valence electrons. The van der Waals surface area contributed by atoms with Crippen LogP contribution in [0, 0.1) is 0 Å². The Morgan fingerprint density at radius 3 is 2.23 bits per heavy atom. The molecule has 0 aliphatic heterocycles. The van der Waals surface area contributed by atoms with Gasteiger partial charge >= 0.3 is 5.97 Å². The number of hydrogen-bond donors (Lipinski definition) is 0. The van der Waals surface area contributed by atoms with Crippen molar-refractivity contribution in [2.75, 3.05) is 26.4 Å². The Bertz CT molecular complexity index is 830. The summed E-state index contributed by atoms with van der Waals surface area (Å²) in [4.78, 5) is 11.8. The van der Waals surface area contributed by atoms with Crippen molar-refractivity contribution >= 4 is 5.97 Å². The lowest BCUT2D eigenvalue weighted by molar-refractivity contribution is -0.671. The molecule has 2 aromatic rings. The second kappa shape index (κ2) is 14.5. The van der Waals surface area contributed by atoms with Gasteiger partial charge in [-0.3, -0.25) is 0 Å². The molecule has 0 spiro atoms. The van der Waals surface area contributed by atoms with Gasteiger partial charge in [-0.1, -0.05) is 30.3 Å². The molecule has 2 rings (SSSR count). The number of hydrogen-bond acceptors (Lipinski definition) is 5. The van der Waals surface area contributed by atoms with E-state index in [1.54, 1.807) is 53.6 Å². The predicted molar refractivity (Wildman–Crippen MR) is 113 cm³/mol. The van der Waals surface area contributed by atoms with Crippen LogP contribution in [0.25, 0.3) is 0 Å². The molecule has 0 N–H and O–H groups in total. The third kappa shape index (κ3) is 10.1. The van der Waals surface area contributed by atoms with Crippen LogP contribution >= 0.6 is 0 Å². The predicted octanol–water partition coefficient (Wildman–Crippen LogP) is 3.50. The smallest absolute Gasteiger partial charge is 0.344 e. The first-order valence-corrected chi connectivity index (χ1v) is 9.72. The van der Waals surface area contributed by atoms with Crippen molar-refractivity contribution in [3.05, 3.63) is 103 Å². The lowest BCUT2D eigenvalue weighted by atomic mass is 10.2. The summed E-state index contributed by atoms with van der Waals surface area (Å²) in [6.45, 7) is 1.56. The van der Waals surface area contributed by atoms with E-state index >= 15 is 0 Å². The molecule has 0 saturated carbocycles. The van der Waals surface area contributed by atoms with Crippen LogP contribution in [-0.2, 0) is 32.4 Å². The number of esters is 1. The second-order valence-electron chi connectivity index (χ2n) is 6.24. The summed E-state index contributed by atoms with van der Waals surface area (Å²) >= 11 is 0. The van der Waals surface area contributed by atoms with Crippen LogP contribution in [0.15, 0.2) is 91.9 Å². The molecule has 0 bridgehead atoms. The maximum Gasteiger partial charge on any atom is 0.344 e. The molecule has 0 atom stereocenters. The van der Waals surface area contributed by atoms with Crippen molar-refractivity contribution in [1.29, 1.82) is 0 Å². The van der Waals surface area contributed by atoms with Gasteiger partial charge in [-0.25, -0.2) is 9.36 Å². The highest BCUT2D eigenvalue weighted by Gasteiger charge is 2.09. The van der Waals surface area contributed by atoms with E-state index in [1.165, 1.54) is 11.8 Å². The first-order valence-electron chi connectivity index (χ1n) is 9.72. The van der Waals surface area contributed by atoms with E-state index in [0.29, 0.717) is 25.4 Å². The molecule has 0 aliphatic carbocycles. The molecule has 1 aromatic heterocycles. The van der Waals surface area contributed by atoms with Gasteiger partial charge in [0.2, 0.25) is 0 Å². The van der Waals surface area contributed by atoms with Gasteiger partial charge in [-0.05, 0) is 29.9 Å². The Morgan fingerprint density at radius 1 is 0.867 bits per heavy atom. The summed E-state index contributed by atoms with van der Waals surface area (Å²) in [6.07, 6.45) is 14.3. The van der Waals surface area contributed by atoms with Gasteiger partial charge in [-0.2, -0.15) is 0 Å². The SMILES string of the molecule is C[n+]1cccc(C(=O)OC/C=C/OC/C=C/OC/C=C/OCCc2ccccc2)c1. The molecule has 0 unspecified atom stereocenters. The molecule has 0 radical (unpaired) electrons. The van der Waals surface area contributed by atoms with Crippen molar-refractivity contribution in [3.63, 3.8) is 0 Å². The van der Waals surface area contributed by atoms with Crippen LogP contribution in [0.1, 0.15) is 15.9 Å². The molecule has 6 nitrogen and oxygen atoms in total. The maximum absolute atomic E-state index is 11.8. The van der Waals surface area contributed by atoms with E-state index in [0.717, 1.165) is 6.42 Å². The molecule has 1 heterocycles. The van der Waals surface area contributed by atoms with Gasteiger partial charge in [0.25, 0.3) is 0 Å². The van der Waals surface area contributed by atoms with Crippen LogP contribution in [0.4, 0.5) is 0 Å². The van der Waals surface area contributed by atoms with Gasteiger partial charge in [0.15, 0.2) is 12.4 Å². The zero-order chi connectivity index (χ0) is 21.3. The van der Waals surface area contributed by atoms with Crippen molar-refractivity contribution in [3.8, 4) is 0 Å². The Morgan fingerprint density at radius 2 is 1.53 bits per heavy atom. The summed E-state index contributed by atoms with van der Waals surface area (Å²) in [7, 11) is 1.85. The molecule has 0 aliphatic rings. The lowest BCUT2D eigenvalue weighted by Crippen LogP contribution is -2.28. The molecular formula is C24H28NO5+. The average Bonchev–Trinajstić information content (AvgIpc) is 2.77. The molecule has 0 amide bonds. The third-order valence-corrected chi connectivity index (χ3v) is 3.80.